The van der Waals surface area contributed by atoms with Gasteiger partial charge in [0.1, 0.15) is 11.1 Å². The molecule has 156 valence electrons. The highest BCUT2D eigenvalue weighted by molar-refractivity contribution is 6.00. The molecular weight excluding hydrogens is 372 g/mol. The lowest BCUT2D eigenvalue weighted by molar-refractivity contribution is -0.120. The van der Waals surface area contributed by atoms with Crippen molar-refractivity contribution in [3.8, 4) is 5.88 Å². The molecule has 0 aliphatic heterocycles. The van der Waals surface area contributed by atoms with E-state index in [1.807, 2.05) is 26.8 Å². The van der Waals surface area contributed by atoms with Gasteiger partial charge >= 0.3 is 6.09 Å². The lowest BCUT2D eigenvalue weighted by atomic mass is 9.85. The van der Waals surface area contributed by atoms with Crippen molar-refractivity contribution >= 4 is 28.7 Å². The zero-order valence-electron chi connectivity index (χ0n) is 17.3. The molecule has 2 N–H and O–H groups in total. The number of alkyl carbamates (subject to hydrolysis) is 1. The zero-order chi connectivity index (χ0) is 21.0. The summed E-state index contributed by atoms with van der Waals surface area (Å²) in [7, 11) is 1.55. The number of aromatic nitrogens is 2. The summed E-state index contributed by atoms with van der Waals surface area (Å²) in [5.41, 5.74) is 1.38. The number of fused-ring (bicyclic) bond motifs is 1. The van der Waals surface area contributed by atoms with Gasteiger partial charge in [0.05, 0.1) is 18.3 Å². The van der Waals surface area contributed by atoms with E-state index in [-0.39, 0.29) is 17.9 Å². The summed E-state index contributed by atoms with van der Waals surface area (Å²) in [4.78, 5) is 33.4. The molecule has 0 aromatic carbocycles. The standard InChI is InChI=1S/C21H28N4O4/c1-21(2,3)29-20(27)23-14-7-5-13(6-8-14)19(26)24-16-11-12-22-15-9-10-17(28-4)25-18(15)16/h9-14H,5-8H2,1-4H3,(H,23,27)(H,22,24,26). The molecule has 0 atom stereocenters. The van der Waals surface area contributed by atoms with Crippen LogP contribution >= 0.6 is 0 Å². The van der Waals surface area contributed by atoms with Crippen molar-refractivity contribution in [2.75, 3.05) is 12.4 Å². The molecule has 8 nitrogen and oxygen atoms in total. The van der Waals surface area contributed by atoms with Crippen LogP contribution < -0.4 is 15.4 Å². The van der Waals surface area contributed by atoms with Crippen LogP contribution in [-0.2, 0) is 9.53 Å². The molecule has 8 heteroatoms. The van der Waals surface area contributed by atoms with Crippen molar-refractivity contribution in [2.45, 2.75) is 58.1 Å². The number of methoxy groups -OCH3 is 1. The summed E-state index contributed by atoms with van der Waals surface area (Å²) in [5, 5.41) is 5.88. The third-order valence-corrected chi connectivity index (χ3v) is 4.84. The molecule has 3 rings (SSSR count). The highest BCUT2D eigenvalue weighted by atomic mass is 16.6. The van der Waals surface area contributed by atoms with Crippen LogP contribution in [0.25, 0.3) is 11.0 Å². The molecule has 2 aromatic rings. The molecule has 1 aliphatic carbocycles. The Bertz CT molecular complexity index is 886. The van der Waals surface area contributed by atoms with Crippen molar-refractivity contribution in [2.24, 2.45) is 5.92 Å². The van der Waals surface area contributed by atoms with Gasteiger partial charge in [0.2, 0.25) is 11.8 Å². The van der Waals surface area contributed by atoms with E-state index in [9.17, 15) is 9.59 Å². The number of nitrogens with one attached hydrogen (secondary N) is 2. The van der Waals surface area contributed by atoms with Crippen molar-refractivity contribution in [3.63, 3.8) is 0 Å². The van der Waals surface area contributed by atoms with Crippen molar-refractivity contribution < 1.29 is 19.1 Å². The van der Waals surface area contributed by atoms with E-state index >= 15 is 0 Å². The van der Waals surface area contributed by atoms with Crippen LogP contribution in [0.15, 0.2) is 24.4 Å². The maximum Gasteiger partial charge on any atom is 0.407 e. The Kier molecular flexibility index (Phi) is 6.20. The summed E-state index contributed by atoms with van der Waals surface area (Å²) < 4.78 is 10.5. The Morgan fingerprint density at radius 2 is 1.83 bits per heavy atom. The highest BCUT2D eigenvalue weighted by Gasteiger charge is 2.28. The van der Waals surface area contributed by atoms with Gasteiger partial charge in [-0.25, -0.2) is 9.78 Å². The van der Waals surface area contributed by atoms with Crippen molar-refractivity contribution in [1.82, 2.24) is 15.3 Å². The third-order valence-electron chi connectivity index (χ3n) is 4.84. The van der Waals surface area contributed by atoms with E-state index in [1.165, 1.54) is 0 Å². The average molecular weight is 400 g/mol. The summed E-state index contributed by atoms with van der Waals surface area (Å²) in [6, 6.07) is 5.31. The predicted octanol–water partition coefficient (Wildman–Crippen LogP) is 3.66. The molecule has 0 bridgehead atoms. The molecule has 0 unspecified atom stereocenters. The quantitative estimate of drug-likeness (QED) is 0.812. The van der Waals surface area contributed by atoms with Gasteiger partial charge in [-0.15, -0.1) is 0 Å². The van der Waals surface area contributed by atoms with Crippen LogP contribution in [0.5, 0.6) is 5.88 Å². The molecule has 2 heterocycles. The molecule has 1 fully saturated rings. The highest BCUT2D eigenvalue weighted by Crippen LogP contribution is 2.28. The first-order valence-electron chi connectivity index (χ1n) is 9.85. The van der Waals surface area contributed by atoms with Gasteiger partial charge in [-0.2, -0.15) is 0 Å². The van der Waals surface area contributed by atoms with Crippen LogP contribution in [0.3, 0.4) is 0 Å². The van der Waals surface area contributed by atoms with E-state index in [0.717, 1.165) is 12.8 Å². The predicted molar refractivity (Wildman–Crippen MR) is 110 cm³/mol. The van der Waals surface area contributed by atoms with Crippen LogP contribution in [0.4, 0.5) is 10.5 Å². The normalized spacial score (nSPS) is 19.4. The monoisotopic (exact) mass is 400 g/mol. The minimum atomic E-state index is -0.523. The van der Waals surface area contributed by atoms with Gasteiger partial charge in [-0.1, -0.05) is 0 Å². The van der Waals surface area contributed by atoms with Crippen molar-refractivity contribution in [1.29, 1.82) is 0 Å². The van der Waals surface area contributed by atoms with Crippen molar-refractivity contribution in [3.05, 3.63) is 24.4 Å². The topological polar surface area (TPSA) is 102 Å². The van der Waals surface area contributed by atoms with E-state index < -0.39 is 11.7 Å². The molecule has 2 amide bonds. The van der Waals surface area contributed by atoms with Gasteiger partial charge < -0.3 is 20.1 Å². The van der Waals surface area contributed by atoms with Gasteiger partial charge in [-0.05, 0) is 58.6 Å². The van der Waals surface area contributed by atoms with Gasteiger partial charge in [0, 0.05) is 24.2 Å². The number of hydrogen-bond acceptors (Lipinski definition) is 6. The minimum absolute atomic E-state index is 0.0292. The minimum Gasteiger partial charge on any atom is -0.481 e. The lowest BCUT2D eigenvalue weighted by Crippen LogP contribution is -2.42. The average Bonchev–Trinajstić information content (AvgIpc) is 2.67. The van der Waals surface area contributed by atoms with Gasteiger partial charge in [-0.3, -0.25) is 9.78 Å². The summed E-state index contributed by atoms with van der Waals surface area (Å²) in [6.45, 7) is 5.50. The third kappa shape index (κ3) is 5.56. The summed E-state index contributed by atoms with van der Waals surface area (Å²) in [5.74, 6) is 0.313. The van der Waals surface area contributed by atoms with E-state index in [0.29, 0.717) is 35.4 Å². The molecule has 29 heavy (non-hydrogen) atoms. The number of pyridine rings is 2. The second-order valence-electron chi connectivity index (χ2n) is 8.26. The number of ether oxygens (including phenoxy) is 2. The number of carbonyl (C=O) groups is 2. The molecular formula is C21H28N4O4. The number of amides is 2. The smallest absolute Gasteiger partial charge is 0.407 e. The van der Waals surface area contributed by atoms with Crippen LogP contribution in [-0.4, -0.2) is 40.7 Å². The van der Waals surface area contributed by atoms with Crippen LogP contribution in [0.2, 0.25) is 0 Å². The van der Waals surface area contributed by atoms with Crippen LogP contribution in [0.1, 0.15) is 46.5 Å². The fraction of sp³-hybridized carbons (Fsp3) is 0.524. The Balaban J connectivity index is 1.58. The molecule has 0 spiro atoms. The Morgan fingerprint density at radius 1 is 1.10 bits per heavy atom. The number of carbonyl (C=O) groups excluding carboxylic acids is 2. The fourth-order valence-electron chi connectivity index (χ4n) is 3.43. The lowest BCUT2D eigenvalue weighted by Gasteiger charge is -2.29. The molecule has 0 saturated heterocycles. The number of rotatable bonds is 4. The van der Waals surface area contributed by atoms with E-state index in [1.54, 1.807) is 25.4 Å². The summed E-state index contributed by atoms with van der Waals surface area (Å²) in [6.07, 6.45) is 4.11. The maximum atomic E-state index is 12.8. The fourth-order valence-corrected chi connectivity index (χ4v) is 3.43. The Hall–Kier alpha value is -2.90. The molecule has 2 aromatic heterocycles. The van der Waals surface area contributed by atoms with E-state index in [4.69, 9.17) is 9.47 Å². The SMILES string of the molecule is COc1ccc2nccc(NC(=O)C3CCC(NC(=O)OC(C)(C)C)CC3)c2n1. The van der Waals surface area contributed by atoms with E-state index in [2.05, 4.69) is 20.6 Å². The number of anilines is 1. The molecule has 1 aliphatic rings. The zero-order valence-corrected chi connectivity index (χ0v) is 17.3. The number of nitrogens with zero attached hydrogens (tertiary/aromatic N) is 2. The van der Waals surface area contributed by atoms with Gasteiger partial charge in [0.25, 0.3) is 0 Å². The maximum absolute atomic E-state index is 12.8. The first kappa shape index (κ1) is 20.8. The van der Waals surface area contributed by atoms with Crippen LogP contribution in [0, 0.1) is 5.92 Å². The largest absolute Gasteiger partial charge is 0.481 e. The second-order valence-corrected chi connectivity index (χ2v) is 8.26. The first-order valence-corrected chi connectivity index (χ1v) is 9.85. The number of hydrogen-bond donors (Lipinski definition) is 2. The Morgan fingerprint density at radius 3 is 2.48 bits per heavy atom. The molecule has 0 radical (unpaired) electrons. The second kappa shape index (κ2) is 8.63. The van der Waals surface area contributed by atoms with Gasteiger partial charge in [0.15, 0.2) is 0 Å². The molecule has 1 saturated carbocycles. The summed E-state index contributed by atoms with van der Waals surface area (Å²) >= 11 is 0. The first-order chi connectivity index (χ1) is 13.7. The Labute approximate surface area is 170 Å².